The standard InChI is InChI=1S/C22H18N8O6S4/c1-35-9-24-21-27-16(29-40-21)13(28-36-2)17(31)26-14-18(32)30-15(20(33)34)12(8-37-19(14)30)39-22-25-11(7-38-22)10-3-5-23-6-4-10/h3-7,9,14,19H,8H2,1-2H3,(H,26,31)(H,33,34)/b24-9?,28-13-/t14-,19-/m1/s1. The van der Waals surface area contributed by atoms with Gasteiger partial charge in [-0.05, 0) is 12.1 Å². The summed E-state index contributed by atoms with van der Waals surface area (Å²) in [5.41, 5.74) is 1.25. The summed E-state index contributed by atoms with van der Waals surface area (Å²) in [6.07, 6.45) is 4.50. The van der Waals surface area contributed by atoms with Crippen LogP contribution in [0.4, 0.5) is 5.13 Å². The number of rotatable bonds is 10. The molecule has 5 heterocycles. The highest BCUT2D eigenvalue weighted by Gasteiger charge is 2.54. The maximum Gasteiger partial charge on any atom is 0.353 e. The van der Waals surface area contributed by atoms with Crippen molar-refractivity contribution >= 4 is 81.4 Å². The molecule has 0 spiro atoms. The number of thioether (sulfide) groups is 2. The number of aliphatic carboxylic acids is 1. The zero-order valence-electron chi connectivity index (χ0n) is 20.6. The average molecular weight is 619 g/mol. The number of carboxylic acids is 1. The molecule has 18 heteroatoms. The Hall–Kier alpha value is -3.87. The molecular formula is C22H18N8O6S4. The Morgan fingerprint density at radius 1 is 1.27 bits per heavy atom. The van der Waals surface area contributed by atoms with Gasteiger partial charge in [0, 0.05) is 45.5 Å². The van der Waals surface area contributed by atoms with E-state index >= 15 is 0 Å². The Kier molecular flexibility index (Phi) is 8.38. The van der Waals surface area contributed by atoms with Crippen LogP contribution in [0.3, 0.4) is 0 Å². The zero-order valence-corrected chi connectivity index (χ0v) is 23.8. The van der Waals surface area contributed by atoms with E-state index in [0.29, 0.717) is 15.0 Å². The fraction of sp³-hybridized carbons (Fsp3) is 0.227. The number of β-lactam (4-membered cyclic amide) rings is 1. The number of oxime groups is 1. The summed E-state index contributed by atoms with van der Waals surface area (Å²) in [5.74, 6) is -2.30. The molecule has 14 nitrogen and oxygen atoms in total. The maximum atomic E-state index is 13.1. The third-order valence-corrected chi connectivity index (χ3v) is 9.50. The molecule has 2 N–H and O–H groups in total. The highest BCUT2D eigenvalue weighted by Crippen LogP contribution is 2.46. The van der Waals surface area contributed by atoms with Crippen LogP contribution >= 0.6 is 46.4 Å². The van der Waals surface area contributed by atoms with Gasteiger partial charge in [-0.3, -0.25) is 19.5 Å². The summed E-state index contributed by atoms with van der Waals surface area (Å²) in [4.78, 5) is 61.5. The Morgan fingerprint density at radius 3 is 2.80 bits per heavy atom. The summed E-state index contributed by atoms with van der Waals surface area (Å²) < 4.78 is 9.45. The summed E-state index contributed by atoms with van der Waals surface area (Å²) in [6, 6.07) is 2.69. The van der Waals surface area contributed by atoms with Gasteiger partial charge in [-0.1, -0.05) is 16.9 Å². The first-order valence-corrected chi connectivity index (χ1v) is 14.7. The van der Waals surface area contributed by atoms with Crippen LogP contribution in [0.2, 0.25) is 0 Å². The first-order valence-electron chi connectivity index (χ1n) is 11.2. The SMILES string of the molecule is COC=Nc1nc(/C(=N/OC)C(=O)N[C@@H]2C(=O)N3C(C(=O)O)=C(Sc4nc(-c5ccncc5)cs4)CS[C@H]23)ns1. The molecule has 0 saturated carbocycles. The van der Waals surface area contributed by atoms with E-state index < -0.39 is 29.2 Å². The quantitative estimate of drug-likeness (QED) is 0.147. The van der Waals surface area contributed by atoms with Gasteiger partial charge >= 0.3 is 5.97 Å². The molecule has 2 atom stereocenters. The number of aromatic nitrogens is 4. The first kappa shape index (κ1) is 27.7. The summed E-state index contributed by atoms with van der Waals surface area (Å²) >= 11 is 4.83. The van der Waals surface area contributed by atoms with Crippen LogP contribution in [0.15, 0.2) is 55.0 Å². The number of nitrogens with zero attached hydrogens (tertiary/aromatic N) is 7. The number of pyridine rings is 1. The van der Waals surface area contributed by atoms with Crippen LogP contribution in [0, 0.1) is 0 Å². The molecule has 206 valence electrons. The number of hydrogen-bond donors (Lipinski definition) is 2. The lowest BCUT2D eigenvalue weighted by Crippen LogP contribution is -2.71. The number of ether oxygens (including phenoxy) is 1. The van der Waals surface area contributed by atoms with Crippen molar-refractivity contribution in [2.45, 2.75) is 15.8 Å². The normalized spacial score (nSPS) is 18.9. The molecule has 0 bridgehead atoms. The number of fused-ring (bicyclic) bond motifs is 1. The molecule has 2 aliphatic heterocycles. The lowest BCUT2D eigenvalue weighted by atomic mass is 10.0. The van der Waals surface area contributed by atoms with E-state index in [1.807, 2.05) is 17.5 Å². The molecule has 2 aliphatic rings. The largest absolute Gasteiger partial charge is 0.486 e. The number of methoxy groups -OCH3 is 1. The average Bonchev–Trinajstić information content (AvgIpc) is 3.63. The van der Waals surface area contributed by atoms with Gasteiger partial charge in [0.15, 0.2) is 10.7 Å². The van der Waals surface area contributed by atoms with Gasteiger partial charge in [0.2, 0.25) is 16.7 Å². The van der Waals surface area contributed by atoms with Crippen LogP contribution in [0.1, 0.15) is 5.82 Å². The van der Waals surface area contributed by atoms with E-state index in [9.17, 15) is 19.5 Å². The number of hydrogen-bond acceptors (Lipinski definition) is 15. The fourth-order valence-corrected chi connectivity index (χ4v) is 7.66. The zero-order chi connectivity index (χ0) is 28.2. The van der Waals surface area contributed by atoms with Gasteiger partial charge in [-0.25, -0.2) is 9.78 Å². The van der Waals surface area contributed by atoms with Crippen molar-refractivity contribution < 1.29 is 29.1 Å². The Bertz CT molecular complexity index is 1540. The lowest BCUT2D eigenvalue weighted by molar-refractivity contribution is -0.150. The number of nitrogens with one attached hydrogen (secondary N) is 1. The minimum atomic E-state index is -1.24. The van der Waals surface area contributed by atoms with Crippen molar-refractivity contribution in [1.29, 1.82) is 0 Å². The molecule has 0 radical (unpaired) electrons. The van der Waals surface area contributed by atoms with Gasteiger partial charge in [0.1, 0.15) is 24.2 Å². The van der Waals surface area contributed by atoms with Gasteiger partial charge in [0.05, 0.1) is 12.8 Å². The van der Waals surface area contributed by atoms with Crippen molar-refractivity contribution in [3.63, 3.8) is 0 Å². The summed E-state index contributed by atoms with van der Waals surface area (Å²) in [7, 11) is 2.67. The second kappa shape index (κ2) is 12.1. The lowest BCUT2D eigenvalue weighted by Gasteiger charge is -2.49. The van der Waals surface area contributed by atoms with Crippen LogP contribution in [0.25, 0.3) is 11.3 Å². The second-order valence-corrected chi connectivity index (χ2v) is 11.8. The minimum Gasteiger partial charge on any atom is -0.486 e. The van der Waals surface area contributed by atoms with E-state index in [-0.39, 0.29) is 22.4 Å². The molecule has 0 aromatic carbocycles. The number of thiazole rings is 1. The molecule has 1 saturated heterocycles. The number of carbonyl (C=O) groups is 3. The van der Waals surface area contributed by atoms with E-state index in [2.05, 4.69) is 34.8 Å². The molecule has 40 heavy (non-hydrogen) atoms. The van der Waals surface area contributed by atoms with Crippen LogP contribution in [-0.2, 0) is 24.0 Å². The van der Waals surface area contributed by atoms with Gasteiger partial charge in [-0.15, -0.1) is 23.1 Å². The second-order valence-electron chi connectivity index (χ2n) is 7.77. The predicted molar refractivity (Wildman–Crippen MR) is 150 cm³/mol. The summed E-state index contributed by atoms with van der Waals surface area (Å²) in [6.45, 7) is 0. The van der Waals surface area contributed by atoms with Crippen molar-refractivity contribution in [2.24, 2.45) is 10.1 Å². The molecule has 3 aromatic heterocycles. The fourth-order valence-electron chi connectivity index (χ4n) is 3.68. The van der Waals surface area contributed by atoms with Crippen LogP contribution in [-0.4, -0.2) is 90.6 Å². The number of carboxylic acid groups (broad SMARTS) is 1. The Balaban J connectivity index is 1.31. The van der Waals surface area contributed by atoms with Crippen molar-refractivity contribution in [3.05, 3.63) is 46.3 Å². The Labute approximate surface area is 242 Å². The molecule has 2 amide bonds. The first-order chi connectivity index (χ1) is 19.4. The molecular weight excluding hydrogens is 601 g/mol. The third-order valence-electron chi connectivity index (χ3n) is 5.39. The van der Waals surface area contributed by atoms with Gasteiger partial charge < -0.3 is 20.0 Å². The molecule has 0 unspecified atom stereocenters. The minimum absolute atomic E-state index is 0.0491. The number of aliphatic imine (C=N–C) groups is 1. The monoisotopic (exact) mass is 618 g/mol. The van der Waals surface area contributed by atoms with Gasteiger partial charge in [0.25, 0.3) is 11.8 Å². The third kappa shape index (κ3) is 5.55. The maximum absolute atomic E-state index is 13.1. The number of carbonyl (C=O) groups excluding carboxylic acids is 2. The topological polar surface area (TPSA) is 181 Å². The van der Waals surface area contributed by atoms with E-state index in [1.54, 1.807) is 12.4 Å². The van der Waals surface area contributed by atoms with E-state index in [1.165, 1.54) is 54.0 Å². The van der Waals surface area contributed by atoms with E-state index in [4.69, 9.17) is 9.57 Å². The summed E-state index contributed by atoms with van der Waals surface area (Å²) in [5, 5.41) is 17.8. The molecule has 1 fully saturated rings. The van der Waals surface area contributed by atoms with Crippen molar-refractivity contribution in [1.82, 2.24) is 29.5 Å². The smallest absolute Gasteiger partial charge is 0.353 e. The Morgan fingerprint density at radius 2 is 2.08 bits per heavy atom. The highest BCUT2D eigenvalue weighted by molar-refractivity contribution is 8.07. The highest BCUT2D eigenvalue weighted by atomic mass is 32.2. The van der Waals surface area contributed by atoms with Crippen LogP contribution < -0.4 is 5.32 Å². The predicted octanol–water partition coefficient (Wildman–Crippen LogP) is 2.20. The molecule has 0 aliphatic carbocycles. The van der Waals surface area contributed by atoms with E-state index in [0.717, 1.165) is 29.2 Å². The molecule has 5 rings (SSSR count). The molecule has 3 aromatic rings. The van der Waals surface area contributed by atoms with Crippen molar-refractivity contribution in [2.75, 3.05) is 20.0 Å². The van der Waals surface area contributed by atoms with Crippen molar-refractivity contribution in [3.8, 4) is 11.3 Å². The number of amides is 2. The van der Waals surface area contributed by atoms with Crippen LogP contribution in [0.5, 0.6) is 0 Å². The van der Waals surface area contributed by atoms with Gasteiger partial charge in [-0.2, -0.15) is 14.3 Å².